The molecule has 14 heteroatoms. The highest BCUT2D eigenvalue weighted by Crippen LogP contribution is 2.36. The van der Waals surface area contributed by atoms with Crippen LogP contribution in [-0.4, -0.2) is 58.7 Å². The minimum atomic E-state index is -0.799. The minimum absolute atomic E-state index is 0.0857. The van der Waals surface area contributed by atoms with Crippen molar-refractivity contribution in [3.63, 3.8) is 0 Å². The molecule has 1 fully saturated rings. The first-order valence-corrected chi connectivity index (χ1v) is 12.1. The number of carbonyl (C=O) groups is 2. The Balaban J connectivity index is 1.72. The molecule has 0 spiro atoms. The van der Waals surface area contributed by atoms with Crippen molar-refractivity contribution in [1.82, 2.24) is 15.0 Å². The van der Waals surface area contributed by atoms with Gasteiger partial charge in [0.05, 0.1) is 23.3 Å². The number of carbonyl (C=O) groups excluding carboxylic acids is 2. The van der Waals surface area contributed by atoms with Crippen molar-refractivity contribution in [3.8, 4) is 0 Å². The fourth-order valence-corrected chi connectivity index (χ4v) is 4.39. The molecule has 200 valence electrons. The van der Waals surface area contributed by atoms with Gasteiger partial charge >= 0.3 is 12.0 Å². The van der Waals surface area contributed by atoms with E-state index in [2.05, 4.69) is 20.3 Å². The van der Waals surface area contributed by atoms with E-state index in [-0.39, 0.29) is 24.2 Å². The number of rotatable bonds is 9. The molecule has 0 aliphatic carbocycles. The number of nitrogens with zero attached hydrogens (tertiary/aromatic N) is 5. The van der Waals surface area contributed by atoms with E-state index in [1.807, 2.05) is 0 Å². The van der Waals surface area contributed by atoms with Crippen LogP contribution in [0.15, 0.2) is 36.7 Å². The molecule has 0 atom stereocenters. The van der Waals surface area contributed by atoms with Crippen LogP contribution in [0.4, 0.5) is 33.6 Å². The summed E-state index contributed by atoms with van der Waals surface area (Å²) in [6, 6.07) is 6.52. The van der Waals surface area contributed by atoms with Crippen molar-refractivity contribution in [1.29, 1.82) is 0 Å². The number of hydrogen-bond donors (Lipinski definition) is 2. The number of aromatic amines is 1. The van der Waals surface area contributed by atoms with E-state index in [1.54, 1.807) is 43.1 Å². The number of pyridine rings is 1. The summed E-state index contributed by atoms with van der Waals surface area (Å²) in [7, 11) is 1.71. The van der Waals surface area contributed by atoms with Gasteiger partial charge in [-0.1, -0.05) is 16.6 Å². The van der Waals surface area contributed by atoms with Gasteiger partial charge in [0.1, 0.15) is 17.7 Å². The number of anilines is 4. The zero-order valence-electron chi connectivity index (χ0n) is 20.7. The standard InChI is InChI=1S/C24H26ClN7O6/c1-15-9-16(25)3-4-20(15)31(24(34)38-13-17-11-28-23(29-17)32(35)36)22-10-21(19(26-2)12-27-22)30(14-33)18-5-7-37-8-6-18/h3-4,9-12,14,18,26H,5-8,13H2,1-2H3,(H,28,29). The van der Waals surface area contributed by atoms with Gasteiger partial charge in [-0.05, 0) is 48.5 Å². The summed E-state index contributed by atoms with van der Waals surface area (Å²) in [6.07, 6.45) is 4.04. The van der Waals surface area contributed by atoms with E-state index in [1.165, 1.54) is 17.3 Å². The summed E-state index contributed by atoms with van der Waals surface area (Å²) >= 11 is 6.15. The number of aromatic nitrogens is 3. The SMILES string of the molecule is CNc1cnc(N(C(=O)OCc2cnc([N+](=O)[O-])[nH]2)c2ccc(Cl)cc2C)cc1N(C=O)C1CCOCC1. The van der Waals surface area contributed by atoms with Crippen LogP contribution >= 0.6 is 11.6 Å². The molecule has 1 aliphatic rings. The van der Waals surface area contributed by atoms with Crippen LogP contribution in [0.1, 0.15) is 24.1 Å². The van der Waals surface area contributed by atoms with E-state index in [0.717, 1.165) is 6.41 Å². The minimum Gasteiger partial charge on any atom is -0.441 e. The summed E-state index contributed by atoms with van der Waals surface area (Å²) in [4.78, 5) is 49.4. The first-order valence-electron chi connectivity index (χ1n) is 11.7. The number of imidazole rings is 1. The van der Waals surface area contributed by atoms with Gasteiger partial charge < -0.3 is 29.8 Å². The van der Waals surface area contributed by atoms with Crippen molar-refractivity contribution < 1.29 is 24.0 Å². The molecule has 2 N–H and O–H groups in total. The van der Waals surface area contributed by atoms with Gasteiger partial charge in [-0.2, -0.15) is 0 Å². The molecule has 2 aromatic heterocycles. The highest BCUT2D eigenvalue weighted by atomic mass is 35.5. The molecule has 3 heterocycles. The third kappa shape index (κ3) is 5.84. The number of amides is 2. The van der Waals surface area contributed by atoms with Crippen LogP contribution in [0.25, 0.3) is 0 Å². The van der Waals surface area contributed by atoms with Gasteiger partial charge in [0.2, 0.25) is 6.41 Å². The molecule has 38 heavy (non-hydrogen) atoms. The van der Waals surface area contributed by atoms with Crippen LogP contribution < -0.4 is 15.1 Å². The molecule has 0 saturated carbocycles. The van der Waals surface area contributed by atoms with Gasteiger partial charge in [-0.25, -0.2) is 19.7 Å². The predicted octanol–water partition coefficient (Wildman–Crippen LogP) is 4.33. The normalized spacial score (nSPS) is 13.6. The van der Waals surface area contributed by atoms with E-state index in [9.17, 15) is 19.7 Å². The molecule has 0 radical (unpaired) electrons. The Bertz CT molecular complexity index is 1330. The monoisotopic (exact) mass is 543 g/mol. The maximum atomic E-state index is 13.4. The molecule has 1 aromatic carbocycles. The second-order valence-corrected chi connectivity index (χ2v) is 8.91. The van der Waals surface area contributed by atoms with E-state index >= 15 is 0 Å². The van der Waals surface area contributed by atoms with Gasteiger partial charge in [0.25, 0.3) is 0 Å². The Morgan fingerprint density at radius 3 is 2.68 bits per heavy atom. The summed E-state index contributed by atoms with van der Waals surface area (Å²) in [5, 5.41) is 14.4. The quantitative estimate of drug-likeness (QED) is 0.228. The molecule has 1 aliphatic heterocycles. The number of hydrogen-bond acceptors (Lipinski definition) is 9. The highest BCUT2D eigenvalue weighted by Gasteiger charge is 2.28. The maximum Gasteiger partial charge on any atom is 0.432 e. The summed E-state index contributed by atoms with van der Waals surface area (Å²) in [5.74, 6) is -0.263. The topological polar surface area (TPSA) is 156 Å². The number of aryl methyl sites for hydroxylation is 1. The van der Waals surface area contributed by atoms with Gasteiger partial charge in [-0.3, -0.25) is 4.79 Å². The molecule has 0 bridgehead atoms. The zero-order valence-corrected chi connectivity index (χ0v) is 21.5. The van der Waals surface area contributed by atoms with Crippen LogP contribution in [0.2, 0.25) is 5.02 Å². The third-order valence-electron chi connectivity index (χ3n) is 6.06. The molecule has 4 rings (SSSR count). The smallest absolute Gasteiger partial charge is 0.432 e. The van der Waals surface area contributed by atoms with Gasteiger partial charge in [0.15, 0.2) is 6.61 Å². The lowest BCUT2D eigenvalue weighted by molar-refractivity contribution is -0.393. The molecule has 13 nitrogen and oxygen atoms in total. The van der Waals surface area contributed by atoms with Crippen molar-refractivity contribution in [2.75, 3.05) is 35.4 Å². The number of nitro groups is 1. The predicted molar refractivity (Wildman–Crippen MR) is 140 cm³/mol. The number of benzene rings is 1. The van der Waals surface area contributed by atoms with E-state index in [0.29, 0.717) is 53.7 Å². The largest absolute Gasteiger partial charge is 0.441 e. The molecule has 1 saturated heterocycles. The molecule has 0 unspecified atom stereocenters. The fourth-order valence-electron chi connectivity index (χ4n) is 4.17. The molecular formula is C24H26ClN7O6. The first-order chi connectivity index (χ1) is 18.3. The van der Waals surface area contributed by atoms with Crippen LogP contribution in [0.5, 0.6) is 0 Å². The van der Waals surface area contributed by atoms with E-state index < -0.39 is 17.0 Å². The second kappa shape index (κ2) is 11.9. The Hall–Kier alpha value is -4.23. The van der Waals surface area contributed by atoms with E-state index in [4.69, 9.17) is 21.1 Å². The second-order valence-electron chi connectivity index (χ2n) is 8.48. The van der Waals surface area contributed by atoms with Crippen molar-refractivity contribution >= 4 is 52.9 Å². The Morgan fingerprint density at radius 1 is 1.29 bits per heavy atom. The highest BCUT2D eigenvalue weighted by molar-refractivity contribution is 6.30. The lowest BCUT2D eigenvalue weighted by atomic mass is 10.1. The Morgan fingerprint density at radius 2 is 2.05 bits per heavy atom. The van der Waals surface area contributed by atoms with Crippen molar-refractivity contribution in [3.05, 3.63) is 63.1 Å². The zero-order chi connectivity index (χ0) is 27.2. The van der Waals surface area contributed by atoms with Gasteiger partial charge in [-0.15, -0.1) is 0 Å². The van der Waals surface area contributed by atoms with Crippen molar-refractivity contribution in [2.24, 2.45) is 0 Å². The Kier molecular flexibility index (Phi) is 8.38. The number of H-pyrrole nitrogens is 1. The lowest BCUT2D eigenvalue weighted by Crippen LogP contribution is -2.39. The summed E-state index contributed by atoms with van der Waals surface area (Å²) in [6.45, 7) is 2.56. The van der Waals surface area contributed by atoms with Crippen molar-refractivity contribution in [2.45, 2.75) is 32.4 Å². The molecule has 2 amide bonds. The molecular weight excluding hydrogens is 518 g/mol. The Labute approximate surface area is 222 Å². The first kappa shape index (κ1) is 26.8. The lowest BCUT2D eigenvalue weighted by Gasteiger charge is -2.33. The maximum absolute atomic E-state index is 13.4. The summed E-state index contributed by atoms with van der Waals surface area (Å²) in [5.41, 5.74) is 2.49. The molecule has 3 aromatic rings. The summed E-state index contributed by atoms with van der Waals surface area (Å²) < 4.78 is 10.9. The fraction of sp³-hybridized carbons (Fsp3) is 0.333. The van der Waals surface area contributed by atoms with Crippen LogP contribution in [0, 0.1) is 17.0 Å². The number of halogens is 1. The number of nitrogens with one attached hydrogen (secondary N) is 2. The van der Waals surface area contributed by atoms with Crippen LogP contribution in [0.3, 0.4) is 0 Å². The average molecular weight is 544 g/mol. The third-order valence-corrected chi connectivity index (χ3v) is 6.30. The van der Waals surface area contributed by atoms with Crippen LogP contribution in [-0.2, 0) is 20.9 Å². The van der Waals surface area contributed by atoms with Gasteiger partial charge in [0, 0.05) is 37.4 Å². The number of ether oxygens (including phenoxy) is 2. The average Bonchev–Trinajstić information content (AvgIpc) is 3.40.